The van der Waals surface area contributed by atoms with Crippen molar-refractivity contribution in [1.82, 2.24) is 10.2 Å². The number of hydrogen-bond donors (Lipinski definition) is 1. The van der Waals surface area contributed by atoms with E-state index in [1.54, 1.807) is 7.11 Å². The molecule has 0 amide bonds. The number of hydrogen-bond acceptors (Lipinski definition) is 3. The quantitative estimate of drug-likeness (QED) is 0.788. The van der Waals surface area contributed by atoms with Crippen LogP contribution in [-0.2, 0) is 6.54 Å². The van der Waals surface area contributed by atoms with E-state index in [2.05, 4.69) is 56.1 Å². The lowest BCUT2D eigenvalue weighted by molar-refractivity contribution is 0.244. The van der Waals surface area contributed by atoms with Gasteiger partial charge in [0, 0.05) is 24.7 Å². The average Bonchev–Trinajstić information content (AvgIpc) is 2.45. The molecule has 1 rings (SSSR count). The first kappa shape index (κ1) is 17.0. The third-order valence-electron chi connectivity index (χ3n) is 3.70. The molecule has 3 heteroatoms. The Morgan fingerprint density at radius 2 is 1.95 bits per heavy atom. The summed E-state index contributed by atoms with van der Waals surface area (Å²) in [5.41, 5.74) is 2.58. The van der Waals surface area contributed by atoms with Crippen LogP contribution in [0.5, 0.6) is 5.75 Å². The molecule has 0 saturated heterocycles. The van der Waals surface area contributed by atoms with Gasteiger partial charge in [0.1, 0.15) is 5.75 Å². The fourth-order valence-electron chi connectivity index (χ4n) is 2.42. The van der Waals surface area contributed by atoms with E-state index in [0.29, 0.717) is 12.0 Å². The van der Waals surface area contributed by atoms with E-state index in [0.717, 1.165) is 25.4 Å². The van der Waals surface area contributed by atoms with Gasteiger partial charge in [-0.2, -0.15) is 0 Å². The Kier molecular flexibility index (Phi) is 7.03. The Labute approximate surface area is 124 Å². The van der Waals surface area contributed by atoms with Gasteiger partial charge in [-0.1, -0.05) is 26.8 Å². The number of nitrogens with zero attached hydrogens (tertiary/aromatic N) is 1. The molecule has 0 bridgehead atoms. The summed E-state index contributed by atoms with van der Waals surface area (Å²) in [5, 5.41) is 3.29. The number of nitrogens with one attached hydrogen (secondary N) is 1. The Balaban J connectivity index is 2.95. The van der Waals surface area contributed by atoms with E-state index < -0.39 is 0 Å². The molecular formula is C17H30N2O. The Morgan fingerprint density at radius 1 is 1.25 bits per heavy atom. The van der Waals surface area contributed by atoms with Crippen LogP contribution in [0.1, 0.15) is 44.9 Å². The third-order valence-corrected chi connectivity index (χ3v) is 3.70. The van der Waals surface area contributed by atoms with Crippen LogP contribution in [-0.4, -0.2) is 32.1 Å². The molecule has 0 spiro atoms. The molecule has 114 valence electrons. The fourth-order valence-corrected chi connectivity index (χ4v) is 2.42. The van der Waals surface area contributed by atoms with Crippen molar-refractivity contribution in [3.8, 4) is 5.75 Å². The normalized spacial score (nSPS) is 13.0. The zero-order valence-electron chi connectivity index (χ0n) is 13.9. The molecule has 1 unspecified atom stereocenters. The molecule has 0 aliphatic rings. The van der Waals surface area contributed by atoms with Crippen molar-refractivity contribution < 1.29 is 4.74 Å². The van der Waals surface area contributed by atoms with Gasteiger partial charge in [-0.3, -0.25) is 4.90 Å². The lowest BCUT2D eigenvalue weighted by Gasteiger charge is -2.24. The number of ether oxygens (including phenoxy) is 1. The number of benzene rings is 1. The van der Waals surface area contributed by atoms with Crippen LogP contribution < -0.4 is 10.1 Å². The molecule has 0 aliphatic carbocycles. The van der Waals surface area contributed by atoms with Gasteiger partial charge < -0.3 is 10.1 Å². The van der Waals surface area contributed by atoms with Gasteiger partial charge in [-0.25, -0.2) is 0 Å². The number of rotatable bonds is 8. The predicted molar refractivity (Wildman–Crippen MR) is 86.3 cm³/mol. The first-order valence-corrected chi connectivity index (χ1v) is 7.58. The Hall–Kier alpha value is -1.06. The Morgan fingerprint density at radius 3 is 2.45 bits per heavy atom. The van der Waals surface area contributed by atoms with Crippen molar-refractivity contribution in [1.29, 1.82) is 0 Å². The summed E-state index contributed by atoms with van der Waals surface area (Å²) in [6.45, 7) is 12.0. The van der Waals surface area contributed by atoms with E-state index in [1.807, 2.05) is 7.05 Å². The van der Waals surface area contributed by atoms with Gasteiger partial charge in [0.15, 0.2) is 0 Å². The van der Waals surface area contributed by atoms with Crippen LogP contribution in [0.15, 0.2) is 18.2 Å². The van der Waals surface area contributed by atoms with Crippen molar-refractivity contribution in [2.75, 3.05) is 27.2 Å². The molecule has 0 aliphatic heterocycles. The summed E-state index contributed by atoms with van der Waals surface area (Å²) >= 11 is 0. The second kappa shape index (κ2) is 8.28. The van der Waals surface area contributed by atoms with Crippen molar-refractivity contribution >= 4 is 0 Å². The molecule has 0 saturated carbocycles. The van der Waals surface area contributed by atoms with E-state index in [4.69, 9.17) is 4.74 Å². The maximum Gasteiger partial charge on any atom is 0.123 e. The van der Waals surface area contributed by atoms with Crippen LogP contribution in [0.3, 0.4) is 0 Å². The summed E-state index contributed by atoms with van der Waals surface area (Å²) in [6, 6.07) is 6.85. The minimum absolute atomic E-state index is 0.361. The summed E-state index contributed by atoms with van der Waals surface area (Å²) in [6.07, 6.45) is 0. The maximum absolute atomic E-state index is 5.52. The fraction of sp³-hybridized carbons (Fsp3) is 0.647. The lowest BCUT2D eigenvalue weighted by Crippen LogP contribution is -2.27. The molecule has 0 heterocycles. The van der Waals surface area contributed by atoms with Gasteiger partial charge in [-0.15, -0.1) is 0 Å². The standard InChI is InChI=1S/C17H30N2O/c1-7-19(11-13(2)3)12-16-10-15(14(4)18-5)8-9-17(16)20-6/h8-10,13-14,18H,7,11-12H2,1-6H3. The molecule has 1 atom stereocenters. The zero-order chi connectivity index (χ0) is 15.1. The SMILES string of the molecule is CCN(Cc1cc(C(C)NC)ccc1OC)CC(C)C. The molecule has 20 heavy (non-hydrogen) atoms. The summed E-state index contributed by atoms with van der Waals surface area (Å²) < 4.78 is 5.52. The van der Waals surface area contributed by atoms with E-state index in [1.165, 1.54) is 11.1 Å². The number of methoxy groups -OCH3 is 1. The van der Waals surface area contributed by atoms with Crippen LogP contribution in [0.2, 0.25) is 0 Å². The molecule has 0 fully saturated rings. The van der Waals surface area contributed by atoms with Crippen LogP contribution >= 0.6 is 0 Å². The second-order valence-electron chi connectivity index (χ2n) is 5.80. The van der Waals surface area contributed by atoms with Gasteiger partial charge in [0.2, 0.25) is 0 Å². The first-order chi connectivity index (χ1) is 9.51. The summed E-state index contributed by atoms with van der Waals surface area (Å²) in [7, 11) is 3.74. The first-order valence-electron chi connectivity index (χ1n) is 7.58. The van der Waals surface area contributed by atoms with E-state index in [-0.39, 0.29) is 0 Å². The van der Waals surface area contributed by atoms with Crippen LogP contribution in [0.4, 0.5) is 0 Å². The predicted octanol–water partition coefficient (Wildman–Crippen LogP) is 3.45. The summed E-state index contributed by atoms with van der Waals surface area (Å²) in [5.74, 6) is 1.67. The van der Waals surface area contributed by atoms with Gasteiger partial charge in [0.05, 0.1) is 7.11 Å². The van der Waals surface area contributed by atoms with Gasteiger partial charge in [0.25, 0.3) is 0 Å². The average molecular weight is 278 g/mol. The molecule has 1 aromatic carbocycles. The monoisotopic (exact) mass is 278 g/mol. The third kappa shape index (κ3) is 4.80. The highest BCUT2D eigenvalue weighted by molar-refractivity contribution is 5.38. The molecule has 1 aromatic rings. The largest absolute Gasteiger partial charge is 0.496 e. The highest BCUT2D eigenvalue weighted by Crippen LogP contribution is 2.24. The molecule has 1 N–H and O–H groups in total. The minimum Gasteiger partial charge on any atom is -0.496 e. The minimum atomic E-state index is 0.361. The molecule has 0 radical (unpaired) electrons. The van der Waals surface area contributed by atoms with Gasteiger partial charge in [-0.05, 0) is 44.1 Å². The zero-order valence-corrected chi connectivity index (χ0v) is 13.9. The van der Waals surface area contributed by atoms with Crippen molar-refractivity contribution in [2.24, 2.45) is 5.92 Å². The van der Waals surface area contributed by atoms with Crippen molar-refractivity contribution in [3.63, 3.8) is 0 Å². The highest BCUT2D eigenvalue weighted by Gasteiger charge is 2.12. The Bertz CT molecular complexity index is 404. The molecular weight excluding hydrogens is 248 g/mol. The maximum atomic E-state index is 5.52. The van der Waals surface area contributed by atoms with Crippen LogP contribution in [0.25, 0.3) is 0 Å². The summed E-state index contributed by atoms with van der Waals surface area (Å²) in [4.78, 5) is 2.47. The highest BCUT2D eigenvalue weighted by atomic mass is 16.5. The smallest absolute Gasteiger partial charge is 0.123 e. The van der Waals surface area contributed by atoms with Crippen LogP contribution in [0, 0.1) is 5.92 Å². The lowest BCUT2D eigenvalue weighted by atomic mass is 10.0. The van der Waals surface area contributed by atoms with Crippen molar-refractivity contribution in [2.45, 2.75) is 40.3 Å². The van der Waals surface area contributed by atoms with E-state index >= 15 is 0 Å². The topological polar surface area (TPSA) is 24.5 Å². The van der Waals surface area contributed by atoms with Gasteiger partial charge >= 0.3 is 0 Å². The van der Waals surface area contributed by atoms with E-state index in [9.17, 15) is 0 Å². The molecule has 0 aromatic heterocycles. The van der Waals surface area contributed by atoms with Crippen molar-refractivity contribution in [3.05, 3.63) is 29.3 Å². The second-order valence-corrected chi connectivity index (χ2v) is 5.80. The molecule has 3 nitrogen and oxygen atoms in total.